The molecule has 1 fully saturated rings. The lowest BCUT2D eigenvalue weighted by atomic mass is 9.91. The average Bonchev–Trinajstić information content (AvgIpc) is 3.24. The maximum absolute atomic E-state index is 13.0. The Hall–Kier alpha value is -2.97. The van der Waals surface area contributed by atoms with Crippen molar-refractivity contribution in [3.05, 3.63) is 52.0 Å². The number of rotatable bonds is 4. The van der Waals surface area contributed by atoms with Crippen LogP contribution in [0, 0.1) is 0 Å². The van der Waals surface area contributed by atoms with E-state index in [4.69, 9.17) is 32.7 Å². The van der Waals surface area contributed by atoms with Crippen molar-refractivity contribution in [1.82, 2.24) is 10.2 Å². The summed E-state index contributed by atoms with van der Waals surface area (Å²) in [5.41, 5.74) is -0.540. The molecule has 2 aliphatic heterocycles. The van der Waals surface area contributed by atoms with E-state index in [9.17, 15) is 14.4 Å². The van der Waals surface area contributed by atoms with Gasteiger partial charge < -0.3 is 20.1 Å². The van der Waals surface area contributed by atoms with E-state index in [-0.39, 0.29) is 22.5 Å². The number of halogens is 2. The van der Waals surface area contributed by atoms with Crippen LogP contribution in [-0.2, 0) is 15.1 Å². The van der Waals surface area contributed by atoms with Crippen LogP contribution in [0.15, 0.2) is 36.4 Å². The van der Waals surface area contributed by atoms with Crippen LogP contribution in [0.5, 0.6) is 11.5 Å². The van der Waals surface area contributed by atoms with E-state index < -0.39 is 29.9 Å². The molecule has 150 valence electrons. The lowest BCUT2D eigenvalue weighted by molar-refractivity contribution is -0.133. The number of nitrogens with zero attached hydrogens (tertiary/aromatic N) is 1. The summed E-state index contributed by atoms with van der Waals surface area (Å²) in [5, 5.41) is 5.64. The normalized spacial score (nSPS) is 20.0. The monoisotopic (exact) mass is 435 g/mol. The van der Waals surface area contributed by atoms with Crippen LogP contribution >= 0.6 is 23.2 Å². The van der Waals surface area contributed by atoms with Gasteiger partial charge in [-0.15, -0.1) is 0 Å². The second kappa shape index (κ2) is 7.13. The predicted molar refractivity (Wildman–Crippen MR) is 105 cm³/mol. The molecule has 29 heavy (non-hydrogen) atoms. The molecule has 0 aromatic heterocycles. The van der Waals surface area contributed by atoms with E-state index >= 15 is 0 Å². The van der Waals surface area contributed by atoms with E-state index in [1.165, 1.54) is 0 Å². The van der Waals surface area contributed by atoms with Gasteiger partial charge in [0.2, 0.25) is 12.7 Å². The van der Waals surface area contributed by atoms with E-state index in [0.717, 1.165) is 4.90 Å². The molecule has 4 amide bonds. The summed E-state index contributed by atoms with van der Waals surface area (Å²) in [5.74, 6) is -0.109. The van der Waals surface area contributed by atoms with Crippen molar-refractivity contribution in [3.63, 3.8) is 0 Å². The van der Waals surface area contributed by atoms with Crippen molar-refractivity contribution >= 4 is 46.7 Å². The Labute approximate surface area is 175 Å². The van der Waals surface area contributed by atoms with Crippen LogP contribution < -0.4 is 20.1 Å². The van der Waals surface area contributed by atoms with Crippen LogP contribution in [0.25, 0.3) is 0 Å². The van der Waals surface area contributed by atoms with Gasteiger partial charge in [-0.05, 0) is 36.8 Å². The molecule has 2 aliphatic rings. The van der Waals surface area contributed by atoms with E-state index in [1.807, 2.05) is 0 Å². The largest absolute Gasteiger partial charge is 0.454 e. The molecule has 2 N–H and O–H groups in total. The summed E-state index contributed by atoms with van der Waals surface area (Å²) in [6, 6.07) is 9.05. The first-order valence-electron chi connectivity index (χ1n) is 8.57. The first kappa shape index (κ1) is 19.4. The lowest BCUT2D eigenvalue weighted by Crippen LogP contribution is -2.42. The number of benzene rings is 2. The number of hydrogen-bond donors (Lipinski definition) is 2. The van der Waals surface area contributed by atoms with Crippen molar-refractivity contribution in [2.75, 3.05) is 18.7 Å². The highest BCUT2D eigenvalue weighted by molar-refractivity contribution is 6.44. The van der Waals surface area contributed by atoms with Crippen molar-refractivity contribution in [3.8, 4) is 11.5 Å². The van der Waals surface area contributed by atoms with Crippen LogP contribution in [-0.4, -0.2) is 36.1 Å². The summed E-state index contributed by atoms with van der Waals surface area (Å²) in [6.45, 7) is 1.18. The maximum atomic E-state index is 13.0. The molecule has 10 heteroatoms. The average molecular weight is 436 g/mol. The molecule has 0 radical (unpaired) electrons. The summed E-state index contributed by atoms with van der Waals surface area (Å²) < 4.78 is 10.6. The minimum atomic E-state index is -1.34. The minimum absolute atomic E-state index is 0.0914. The molecule has 1 unspecified atom stereocenters. The Kier molecular flexibility index (Phi) is 4.76. The third kappa shape index (κ3) is 3.34. The Morgan fingerprint density at radius 1 is 1.21 bits per heavy atom. The second-order valence-electron chi connectivity index (χ2n) is 6.66. The number of nitrogens with one attached hydrogen (secondary N) is 2. The number of urea groups is 1. The van der Waals surface area contributed by atoms with Gasteiger partial charge in [-0.1, -0.05) is 35.3 Å². The third-order valence-corrected chi connectivity index (χ3v) is 5.57. The number of hydrogen-bond acceptors (Lipinski definition) is 5. The van der Waals surface area contributed by atoms with Crippen LogP contribution in [0.1, 0.15) is 12.5 Å². The van der Waals surface area contributed by atoms with Gasteiger partial charge in [0.05, 0.1) is 15.7 Å². The maximum Gasteiger partial charge on any atom is 0.325 e. The highest BCUT2D eigenvalue weighted by Gasteiger charge is 2.49. The van der Waals surface area contributed by atoms with Gasteiger partial charge in [0.1, 0.15) is 12.1 Å². The number of fused-ring (bicyclic) bond motifs is 1. The smallest absolute Gasteiger partial charge is 0.325 e. The number of imide groups is 1. The number of carbonyl (C=O) groups is 3. The molecule has 0 saturated carbocycles. The summed E-state index contributed by atoms with van der Waals surface area (Å²) in [4.78, 5) is 38.7. The Balaban J connectivity index is 1.52. The van der Waals surface area contributed by atoms with Gasteiger partial charge in [0.15, 0.2) is 11.5 Å². The molecule has 4 rings (SSSR count). The molecule has 0 aliphatic carbocycles. The summed E-state index contributed by atoms with van der Waals surface area (Å²) >= 11 is 12.0. The van der Waals surface area contributed by atoms with Crippen molar-refractivity contribution in [2.45, 2.75) is 12.5 Å². The van der Waals surface area contributed by atoms with Gasteiger partial charge in [-0.2, -0.15) is 0 Å². The molecule has 2 aromatic rings. The number of carbonyl (C=O) groups excluding carboxylic acids is 3. The topological polar surface area (TPSA) is 97.0 Å². The van der Waals surface area contributed by atoms with Crippen LogP contribution in [0.3, 0.4) is 0 Å². The molecule has 8 nitrogen and oxygen atoms in total. The first-order chi connectivity index (χ1) is 13.8. The fourth-order valence-electron chi connectivity index (χ4n) is 3.18. The Morgan fingerprint density at radius 2 is 1.97 bits per heavy atom. The van der Waals surface area contributed by atoms with Crippen LogP contribution in [0.2, 0.25) is 10.0 Å². The quantitative estimate of drug-likeness (QED) is 0.718. The molecule has 1 atom stereocenters. The van der Waals surface area contributed by atoms with Crippen molar-refractivity contribution in [2.24, 2.45) is 0 Å². The van der Waals surface area contributed by atoms with Gasteiger partial charge in [0, 0.05) is 0 Å². The Bertz CT molecular complexity index is 1040. The highest BCUT2D eigenvalue weighted by atomic mass is 35.5. The number of anilines is 1. The van der Waals surface area contributed by atoms with Crippen molar-refractivity contribution in [1.29, 1.82) is 0 Å². The highest BCUT2D eigenvalue weighted by Crippen LogP contribution is 2.38. The first-order valence-corrected chi connectivity index (χ1v) is 9.33. The zero-order valence-electron chi connectivity index (χ0n) is 15.1. The fraction of sp³-hybridized carbons (Fsp3) is 0.211. The van der Waals surface area contributed by atoms with Gasteiger partial charge in [-0.25, -0.2) is 4.79 Å². The van der Waals surface area contributed by atoms with Crippen molar-refractivity contribution < 1.29 is 23.9 Å². The van der Waals surface area contributed by atoms with Crippen LogP contribution in [0.4, 0.5) is 10.5 Å². The molecular formula is C19H15Cl2N3O5. The Morgan fingerprint density at radius 3 is 2.76 bits per heavy atom. The van der Waals surface area contributed by atoms with E-state index in [1.54, 1.807) is 43.3 Å². The molecule has 0 bridgehead atoms. The number of amides is 4. The van der Waals surface area contributed by atoms with E-state index in [0.29, 0.717) is 17.1 Å². The summed E-state index contributed by atoms with van der Waals surface area (Å²) in [6.07, 6.45) is 0. The molecular weight excluding hydrogens is 421 g/mol. The molecule has 1 saturated heterocycles. The predicted octanol–water partition coefficient (Wildman–Crippen LogP) is 3.13. The molecule has 0 spiro atoms. The fourth-order valence-corrected chi connectivity index (χ4v) is 3.53. The number of ether oxygens (including phenoxy) is 2. The van der Waals surface area contributed by atoms with E-state index in [2.05, 4.69) is 10.6 Å². The minimum Gasteiger partial charge on any atom is -0.454 e. The van der Waals surface area contributed by atoms with Gasteiger partial charge in [0.25, 0.3) is 5.91 Å². The zero-order chi connectivity index (χ0) is 20.8. The molecule has 2 aromatic carbocycles. The third-order valence-electron chi connectivity index (χ3n) is 4.75. The molecule has 2 heterocycles. The SMILES string of the molecule is CC1(c2ccc3c(c2)OCO3)NC(=O)N(CC(=O)Nc2cccc(Cl)c2Cl)C1=O. The van der Waals surface area contributed by atoms with Gasteiger partial charge >= 0.3 is 6.03 Å². The standard InChI is InChI=1S/C19H15Cl2N3O5/c1-19(10-5-6-13-14(7-10)29-9-28-13)17(26)24(18(27)23-19)8-15(25)22-12-4-2-3-11(20)16(12)21/h2-7H,8-9H2,1H3,(H,22,25)(H,23,27). The zero-order valence-corrected chi connectivity index (χ0v) is 16.6. The van der Waals surface area contributed by atoms with Gasteiger partial charge in [-0.3, -0.25) is 14.5 Å². The summed E-state index contributed by atoms with van der Waals surface area (Å²) in [7, 11) is 0. The lowest BCUT2D eigenvalue weighted by Gasteiger charge is -2.22. The second-order valence-corrected chi connectivity index (χ2v) is 7.45.